The smallest absolute Gasteiger partial charge is 0.416 e. The molecule has 3 nitrogen and oxygen atoms in total. The van der Waals surface area contributed by atoms with Crippen molar-refractivity contribution in [2.45, 2.75) is 12.4 Å². The van der Waals surface area contributed by atoms with Gasteiger partial charge in [-0.15, -0.1) is 0 Å². The van der Waals surface area contributed by atoms with Crippen LogP contribution < -0.4 is 4.74 Å². The summed E-state index contributed by atoms with van der Waals surface area (Å²) in [6, 6.07) is 9.65. The molecule has 140 valence electrons. The molecule has 0 aliphatic carbocycles. The maximum Gasteiger partial charge on any atom is 0.416 e. The van der Waals surface area contributed by atoms with Gasteiger partial charge in [0.15, 0.2) is 5.82 Å². The number of rotatable bonds is 3. The zero-order valence-electron chi connectivity index (χ0n) is 13.3. The lowest BCUT2D eigenvalue weighted by atomic mass is 10.1. The minimum Gasteiger partial charge on any atom is -0.439 e. The molecule has 2 aromatic carbocycles. The van der Waals surface area contributed by atoms with Crippen molar-refractivity contribution in [3.63, 3.8) is 0 Å². The minimum atomic E-state index is -4.46. The molecular weight excluding hydrogens is 374 g/mol. The Kier molecular flexibility index (Phi) is 4.77. The Morgan fingerprint density at radius 2 is 1.19 bits per heavy atom. The summed E-state index contributed by atoms with van der Waals surface area (Å²) in [6.07, 6.45) is -7.57. The average Bonchev–Trinajstić information content (AvgIpc) is 2.61. The van der Waals surface area contributed by atoms with Crippen LogP contribution in [-0.4, -0.2) is 9.97 Å². The van der Waals surface area contributed by atoms with Crippen LogP contribution in [0.3, 0.4) is 0 Å². The number of benzene rings is 2. The van der Waals surface area contributed by atoms with Gasteiger partial charge in [0.05, 0.1) is 11.1 Å². The quantitative estimate of drug-likeness (QED) is 0.522. The fourth-order valence-electron chi connectivity index (χ4n) is 2.18. The lowest BCUT2D eigenvalue weighted by Crippen LogP contribution is -2.04. The number of halogens is 6. The van der Waals surface area contributed by atoms with Gasteiger partial charge in [-0.25, -0.2) is 4.98 Å². The molecule has 0 atom stereocenters. The first-order valence-electron chi connectivity index (χ1n) is 7.49. The summed E-state index contributed by atoms with van der Waals surface area (Å²) >= 11 is 0. The van der Waals surface area contributed by atoms with Crippen LogP contribution in [-0.2, 0) is 12.4 Å². The Balaban J connectivity index is 1.79. The molecule has 0 bridgehead atoms. The molecule has 1 aromatic heterocycles. The van der Waals surface area contributed by atoms with E-state index >= 15 is 0 Å². The normalized spacial score (nSPS) is 12.1. The Morgan fingerprint density at radius 1 is 0.667 bits per heavy atom. The topological polar surface area (TPSA) is 35.0 Å². The van der Waals surface area contributed by atoms with E-state index in [2.05, 4.69) is 9.97 Å². The highest BCUT2D eigenvalue weighted by Crippen LogP contribution is 2.32. The molecule has 0 aliphatic rings. The number of aromatic nitrogens is 2. The zero-order valence-corrected chi connectivity index (χ0v) is 13.3. The van der Waals surface area contributed by atoms with Crippen molar-refractivity contribution in [2.24, 2.45) is 0 Å². The number of hydrogen-bond acceptors (Lipinski definition) is 3. The second-order valence-electron chi connectivity index (χ2n) is 5.42. The van der Waals surface area contributed by atoms with Crippen LogP contribution in [0.1, 0.15) is 11.1 Å². The van der Waals surface area contributed by atoms with Crippen molar-refractivity contribution in [2.75, 3.05) is 0 Å². The highest BCUT2D eigenvalue weighted by molar-refractivity contribution is 5.56. The molecule has 3 rings (SSSR count). The van der Waals surface area contributed by atoms with Gasteiger partial charge >= 0.3 is 12.4 Å². The molecule has 0 saturated heterocycles. The van der Waals surface area contributed by atoms with Gasteiger partial charge in [-0.1, -0.05) is 12.1 Å². The third-order valence-electron chi connectivity index (χ3n) is 3.50. The average molecular weight is 384 g/mol. The van der Waals surface area contributed by atoms with Crippen molar-refractivity contribution >= 4 is 0 Å². The second kappa shape index (κ2) is 6.90. The van der Waals surface area contributed by atoms with Gasteiger partial charge in [-0.05, 0) is 36.4 Å². The molecular formula is C18H10F6N2O. The number of ether oxygens (including phenoxy) is 1. The first-order chi connectivity index (χ1) is 12.6. The van der Waals surface area contributed by atoms with Gasteiger partial charge in [0.2, 0.25) is 5.88 Å². The van der Waals surface area contributed by atoms with E-state index in [0.29, 0.717) is 5.56 Å². The van der Waals surface area contributed by atoms with Crippen LogP contribution in [0.4, 0.5) is 26.3 Å². The standard InChI is InChI=1S/C18H10F6N2O/c19-17(20,21)12-3-1-11(2-4-12)16-25-10-9-15(26-16)27-14-7-5-13(6-8-14)18(22,23)24/h1-10H. The van der Waals surface area contributed by atoms with Gasteiger partial charge in [0, 0.05) is 17.8 Å². The maximum atomic E-state index is 12.6. The molecule has 0 aliphatic heterocycles. The minimum absolute atomic E-state index is 0.0413. The highest BCUT2D eigenvalue weighted by Gasteiger charge is 2.30. The summed E-state index contributed by atoms with van der Waals surface area (Å²) in [6.45, 7) is 0. The molecule has 0 saturated carbocycles. The molecule has 0 unspecified atom stereocenters. The predicted octanol–water partition coefficient (Wildman–Crippen LogP) is 5.97. The van der Waals surface area contributed by atoms with Gasteiger partial charge in [0.1, 0.15) is 5.75 Å². The highest BCUT2D eigenvalue weighted by atomic mass is 19.4. The zero-order chi connectivity index (χ0) is 19.7. The molecule has 0 N–H and O–H groups in total. The second-order valence-corrected chi connectivity index (χ2v) is 5.42. The van der Waals surface area contributed by atoms with Gasteiger partial charge < -0.3 is 4.74 Å². The third kappa shape index (κ3) is 4.55. The third-order valence-corrected chi connectivity index (χ3v) is 3.50. The van der Waals surface area contributed by atoms with E-state index in [1.807, 2.05) is 0 Å². The summed E-state index contributed by atoms with van der Waals surface area (Å²) < 4.78 is 80.9. The largest absolute Gasteiger partial charge is 0.439 e. The van der Waals surface area contributed by atoms with Crippen LogP contribution in [0.2, 0.25) is 0 Å². The lowest BCUT2D eigenvalue weighted by molar-refractivity contribution is -0.138. The van der Waals surface area contributed by atoms with Crippen LogP contribution in [0.25, 0.3) is 11.4 Å². The summed E-state index contributed by atoms with van der Waals surface area (Å²) in [4.78, 5) is 8.03. The maximum absolute atomic E-state index is 12.6. The summed E-state index contributed by atoms with van der Waals surface area (Å²) in [5.41, 5.74) is -1.28. The molecule has 0 fully saturated rings. The molecule has 27 heavy (non-hydrogen) atoms. The van der Waals surface area contributed by atoms with Crippen LogP contribution in [0, 0.1) is 0 Å². The molecule has 0 spiro atoms. The van der Waals surface area contributed by atoms with E-state index in [0.717, 1.165) is 36.4 Å². The van der Waals surface area contributed by atoms with Gasteiger partial charge in [-0.3, -0.25) is 0 Å². The Bertz CT molecular complexity index is 918. The lowest BCUT2D eigenvalue weighted by Gasteiger charge is -2.09. The van der Waals surface area contributed by atoms with Crippen molar-refractivity contribution in [3.8, 4) is 23.0 Å². The van der Waals surface area contributed by atoms with E-state index in [4.69, 9.17) is 4.74 Å². The Morgan fingerprint density at radius 3 is 1.70 bits per heavy atom. The van der Waals surface area contributed by atoms with Gasteiger partial charge in [0.25, 0.3) is 0 Å². The van der Waals surface area contributed by atoms with Crippen molar-refractivity contribution < 1.29 is 31.1 Å². The number of alkyl halides is 6. The molecule has 3 aromatic rings. The van der Waals surface area contributed by atoms with Crippen LogP contribution >= 0.6 is 0 Å². The van der Waals surface area contributed by atoms with Crippen molar-refractivity contribution in [1.29, 1.82) is 0 Å². The Labute approximate surface area is 149 Å². The molecule has 0 radical (unpaired) electrons. The summed E-state index contributed by atoms with van der Waals surface area (Å²) in [7, 11) is 0. The van der Waals surface area contributed by atoms with E-state index in [-0.39, 0.29) is 17.5 Å². The predicted molar refractivity (Wildman–Crippen MR) is 84.0 cm³/mol. The molecule has 9 heteroatoms. The van der Waals surface area contributed by atoms with Crippen molar-refractivity contribution in [3.05, 3.63) is 71.9 Å². The summed E-state index contributed by atoms with van der Waals surface area (Å²) in [5.74, 6) is 0.285. The first kappa shape index (κ1) is 18.7. The first-order valence-corrected chi connectivity index (χ1v) is 7.49. The van der Waals surface area contributed by atoms with E-state index in [1.54, 1.807) is 0 Å². The van der Waals surface area contributed by atoms with Crippen LogP contribution in [0.15, 0.2) is 60.8 Å². The molecule has 0 amide bonds. The monoisotopic (exact) mass is 384 g/mol. The fraction of sp³-hybridized carbons (Fsp3) is 0.111. The number of hydrogen-bond donors (Lipinski definition) is 0. The van der Waals surface area contributed by atoms with E-state index in [1.165, 1.54) is 24.4 Å². The van der Waals surface area contributed by atoms with Crippen molar-refractivity contribution in [1.82, 2.24) is 9.97 Å². The van der Waals surface area contributed by atoms with Crippen LogP contribution in [0.5, 0.6) is 11.6 Å². The summed E-state index contributed by atoms with van der Waals surface area (Å²) in [5, 5.41) is 0. The fourth-order valence-corrected chi connectivity index (χ4v) is 2.18. The molecule has 1 heterocycles. The SMILES string of the molecule is FC(F)(F)c1ccc(Oc2ccnc(-c3ccc(C(F)(F)F)cc3)n2)cc1. The van der Waals surface area contributed by atoms with Gasteiger partial charge in [-0.2, -0.15) is 31.3 Å². The van der Waals surface area contributed by atoms with E-state index < -0.39 is 23.5 Å². The number of nitrogens with zero attached hydrogens (tertiary/aromatic N) is 2. The Hall–Kier alpha value is -3.10. The van der Waals surface area contributed by atoms with E-state index in [9.17, 15) is 26.3 Å².